The fourth-order valence-electron chi connectivity index (χ4n) is 4.77. The predicted molar refractivity (Wildman–Crippen MR) is 170 cm³/mol. The van der Waals surface area contributed by atoms with Gasteiger partial charge in [-0.05, 0) is 48.4 Å². The zero-order valence-electron chi connectivity index (χ0n) is 25.0. The van der Waals surface area contributed by atoms with Crippen molar-refractivity contribution in [2.45, 2.75) is 19.1 Å². The third-order valence-electron chi connectivity index (χ3n) is 7.18. The van der Waals surface area contributed by atoms with Gasteiger partial charge in [-0.15, -0.1) is 0 Å². The van der Waals surface area contributed by atoms with Gasteiger partial charge in [0.15, 0.2) is 0 Å². The molecule has 0 spiro atoms. The number of nitrogens with zero attached hydrogens (tertiary/aromatic N) is 3. The van der Waals surface area contributed by atoms with Crippen molar-refractivity contribution in [1.82, 2.24) is 25.2 Å². The number of H-pyrrole nitrogens is 1. The van der Waals surface area contributed by atoms with E-state index in [-0.39, 0.29) is 29.4 Å². The summed E-state index contributed by atoms with van der Waals surface area (Å²) in [5.41, 5.74) is -2.49. The SMILES string of the molecule is O=C(NCc1cccc(Cl)c1)c1ccc(Cl)c(NC(=O)c2cc3c(C(=O)C(F)(F)F)nc(OCCCN4CCOCC4)nc3[nH]c2=O)c1. The van der Waals surface area contributed by atoms with Crippen LogP contribution in [0.5, 0.6) is 6.01 Å². The van der Waals surface area contributed by atoms with Gasteiger partial charge in [-0.2, -0.15) is 23.1 Å². The van der Waals surface area contributed by atoms with Gasteiger partial charge in [0.2, 0.25) is 0 Å². The van der Waals surface area contributed by atoms with Crippen LogP contribution in [0.15, 0.2) is 53.3 Å². The van der Waals surface area contributed by atoms with E-state index < -0.39 is 57.6 Å². The highest BCUT2D eigenvalue weighted by Crippen LogP contribution is 2.27. The molecule has 0 saturated carbocycles. The molecule has 252 valence electrons. The fraction of sp³-hybridized carbons (Fsp3) is 0.290. The molecule has 2 aromatic heterocycles. The molecule has 2 amide bonds. The quantitative estimate of drug-likeness (QED) is 0.149. The number of hydrogen-bond acceptors (Lipinski definition) is 9. The molecule has 0 unspecified atom stereocenters. The van der Waals surface area contributed by atoms with Crippen molar-refractivity contribution in [1.29, 1.82) is 0 Å². The first-order chi connectivity index (χ1) is 22.9. The number of ketones is 1. The zero-order chi connectivity index (χ0) is 34.4. The van der Waals surface area contributed by atoms with Crippen LogP contribution in [0.4, 0.5) is 18.9 Å². The van der Waals surface area contributed by atoms with Gasteiger partial charge >= 0.3 is 12.2 Å². The van der Waals surface area contributed by atoms with E-state index >= 15 is 0 Å². The van der Waals surface area contributed by atoms with E-state index in [1.165, 1.54) is 18.2 Å². The van der Waals surface area contributed by atoms with Crippen molar-refractivity contribution < 1.29 is 37.0 Å². The van der Waals surface area contributed by atoms with Crippen molar-refractivity contribution in [2.24, 2.45) is 0 Å². The molecule has 48 heavy (non-hydrogen) atoms. The Morgan fingerprint density at radius 1 is 1.02 bits per heavy atom. The molecular weight excluding hydrogens is 680 g/mol. The number of nitrogens with one attached hydrogen (secondary N) is 3. The number of pyridine rings is 1. The van der Waals surface area contributed by atoms with Crippen LogP contribution < -0.4 is 20.9 Å². The summed E-state index contributed by atoms with van der Waals surface area (Å²) in [5.74, 6) is -3.94. The van der Waals surface area contributed by atoms with Crippen LogP contribution in [-0.2, 0) is 11.3 Å². The number of rotatable bonds is 11. The van der Waals surface area contributed by atoms with Crippen LogP contribution in [0.1, 0.15) is 43.2 Å². The first-order valence-electron chi connectivity index (χ1n) is 14.5. The summed E-state index contributed by atoms with van der Waals surface area (Å²) in [7, 11) is 0. The lowest BCUT2D eigenvalue weighted by Crippen LogP contribution is -2.37. The zero-order valence-corrected chi connectivity index (χ0v) is 26.5. The van der Waals surface area contributed by atoms with Gasteiger partial charge in [-0.1, -0.05) is 35.3 Å². The predicted octanol–water partition coefficient (Wildman–Crippen LogP) is 4.65. The standard InChI is InChI=1S/C31H27Cl2F3N6O6/c32-19-4-1-3-17(13-19)16-37-27(44)18-5-6-22(33)23(14-18)38-28(45)21-15-20-24(25(43)31(34,35)36)39-30(41-26(20)40-29(21)46)48-10-2-7-42-8-11-47-12-9-42/h1,3-6,13-15H,2,7-12,16H2,(H,37,44)(H,38,45)(H,39,40,41,46). The van der Waals surface area contributed by atoms with E-state index in [1.54, 1.807) is 24.3 Å². The Kier molecular flexibility index (Phi) is 10.9. The number of amides is 2. The average Bonchev–Trinajstić information content (AvgIpc) is 3.05. The largest absolute Gasteiger partial charge is 0.463 e. The number of anilines is 1. The molecule has 4 aromatic rings. The van der Waals surface area contributed by atoms with Crippen LogP contribution >= 0.6 is 23.2 Å². The first kappa shape index (κ1) is 34.8. The molecule has 1 aliphatic heterocycles. The Morgan fingerprint density at radius 3 is 2.52 bits per heavy atom. The monoisotopic (exact) mass is 706 g/mol. The number of carbonyl (C=O) groups excluding carboxylic acids is 3. The minimum Gasteiger partial charge on any atom is -0.463 e. The number of alkyl halides is 3. The Balaban J connectivity index is 1.36. The van der Waals surface area contributed by atoms with Crippen LogP contribution in [0.3, 0.4) is 0 Å². The van der Waals surface area contributed by atoms with Crippen LogP contribution in [0.25, 0.3) is 11.0 Å². The van der Waals surface area contributed by atoms with Gasteiger partial charge in [0.05, 0.1) is 30.5 Å². The Morgan fingerprint density at radius 2 is 1.79 bits per heavy atom. The Hall–Kier alpha value is -4.57. The second-order valence-electron chi connectivity index (χ2n) is 10.6. The second kappa shape index (κ2) is 15.1. The average molecular weight is 707 g/mol. The van der Waals surface area contributed by atoms with Crippen molar-refractivity contribution >= 4 is 57.5 Å². The summed E-state index contributed by atoms with van der Waals surface area (Å²) in [5, 5.41) is 5.04. The molecule has 3 N–H and O–H groups in total. The normalized spacial score (nSPS) is 13.7. The van der Waals surface area contributed by atoms with Gasteiger partial charge < -0.3 is 25.1 Å². The molecule has 0 atom stereocenters. The maximum atomic E-state index is 13.6. The number of Topliss-reactive ketones (excluding diaryl/α,β-unsaturated/α-hetero) is 1. The topological polar surface area (TPSA) is 156 Å². The molecule has 0 bridgehead atoms. The highest BCUT2D eigenvalue weighted by Gasteiger charge is 2.42. The maximum Gasteiger partial charge on any atom is 0.456 e. The summed E-state index contributed by atoms with van der Waals surface area (Å²) in [4.78, 5) is 63.4. The molecule has 1 saturated heterocycles. The highest BCUT2D eigenvalue weighted by atomic mass is 35.5. The van der Waals surface area contributed by atoms with Gasteiger partial charge in [-0.3, -0.25) is 24.1 Å². The van der Waals surface area contributed by atoms with Crippen molar-refractivity contribution in [2.75, 3.05) is 44.8 Å². The van der Waals surface area contributed by atoms with E-state index in [0.29, 0.717) is 31.2 Å². The van der Waals surface area contributed by atoms with Gasteiger partial charge in [0.25, 0.3) is 23.2 Å². The minimum atomic E-state index is -5.34. The van der Waals surface area contributed by atoms with Crippen molar-refractivity contribution in [3.8, 4) is 6.01 Å². The third-order valence-corrected chi connectivity index (χ3v) is 7.74. The molecule has 1 fully saturated rings. The van der Waals surface area contributed by atoms with Crippen LogP contribution in [0, 0.1) is 0 Å². The lowest BCUT2D eigenvalue weighted by atomic mass is 10.1. The van der Waals surface area contributed by atoms with Crippen LogP contribution in [-0.4, -0.2) is 83.1 Å². The number of carbonyl (C=O) groups is 3. The summed E-state index contributed by atoms with van der Waals surface area (Å²) in [6, 6.07) is 11.1. The molecule has 0 aliphatic carbocycles. The van der Waals surface area contributed by atoms with Crippen molar-refractivity contribution in [3.05, 3.63) is 91.3 Å². The van der Waals surface area contributed by atoms with Gasteiger partial charge in [0.1, 0.15) is 16.9 Å². The molecule has 5 rings (SSSR count). The van der Waals surface area contributed by atoms with E-state index in [0.717, 1.165) is 24.7 Å². The van der Waals surface area contributed by atoms with Crippen LogP contribution in [0.2, 0.25) is 10.0 Å². The van der Waals surface area contributed by atoms with Crippen molar-refractivity contribution in [3.63, 3.8) is 0 Å². The molecule has 3 heterocycles. The number of halogens is 5. The molecule has 17 heteroatoms. The first-order valence-corrected chi connectivity index (χ1v) is 15.3. The molecular formula is C31H27Cl2F3N6O6. The summed E-state index contributed by atoms with van der Waals surface area (Å²) in [6.45, 7) is 3.43. The Labute approximate surface area is 280 Å². The molecule has 1 aliphatic rings. The number of benzene rings is 2. The fourth-order valence-corrected chi connectivity index (χ4v) is 5.14. The summed E-state index contributed by atoms with van der Waals surface area (Å²) >= 11 is 12.2. The summed E-state index contributed by atoms with van der Waals surface area (Å²) in [6.07, 6.45) is -4.86. The van der Waals surface area contributed by atoms with E-state index in [4.69, 9.17) is 32.7 Å². The minimum absolute atomic E-state index is 0.00126. The molecule has 12 nitrogen and oxygen atoms in total. The maximum absolute atomic E-state index is 13.6. The summed E-state index contributed by atoms with van der Waals surface area (Å²) < 4.78 is 51.5. The number of ether oxygens (including phenoxy) is 2. The number of aromatic amines is 1. The van der Waals surface area contributed by atoms with Gasteiger partial charge in [-0.25, -0.2) is 0 Å². The molecule has 0 radical (unpaired) electrons. The lowest BCUT2D eigenvalue weighted by Gasteiger charge is -2.26. The molecule has 2 aromatic carbocycles. The second-order valence-corrected chi connectivity index (χ2v) is 11.4. The number of fused-ring (bicyclic) bond motifs is 1. The smallest absolute Gasteiger partial charge is 0.456 e. The number of morpholine rings is 1. The third kappa shape index (κ3) is 8.66. The number of aromatic nitrogens is 3. The lowest BCUT2D eigenvalue weighted by molar-refractivity contribution is -0.0887. The van der Waals surface area contributed by atoms with E-state index in [1.807, 2.05) is 0 Å². The van der Waals surface area contributed by atoms with E-state index in [2.05, 4.69) is 30.5 Å². The van der Waals surface area contributed by atoms with Gasteiger partial charge in [0, 0.05) is 42.2 Å². The number of hydrogen-bond donors (Lipinski definition) is 3. The van der Waals surface area contributed by atoms with E-state index in [9.17, 15) is 32.3 Å². The highest BCUT2D eigenvalue weighted by molar-refractivity contribution is 6.34. The Bertz CT molecular complexity index is 1920.